The highest BCUT2D eigenvalue weighted by molar-refractivity contribution is 5.75. The van der Waals surface area contributed by atoms with Crippen LogP contribution in [0.3, 0.4) is 0 Å². The number of carbonyl (C=O) groups excluding carboxylic acids is 4. The van der Waals surface area contributed by atoms with Crippen LogP contribution in [0, 0.1) is 0 Å². The van der Waals surface area contributed by atoms with Gasteiger partial charge in [-0.2, -0.15) is 0 Å². The number of carbonyl (C=O) groups is 4. The monoisotopic (exact) mass is 347 g/mol. The van der Waals surface area contributed by atoms with Crippen molar-refractivity contribution in [2.75, 3.05) is 6.61 Å². The van der Waals surface area contributed by atoms with Gasteiger partial charge in [-0.3, -0.25) is 19.2 Å². The molecule has 0 saturated carbocycles. The highest BCUT2D eigenvalue weighted by Crippen LogP contribution is 2.19. The molecule has 0 aromatic carbocycles. The molecule has 1 atom stereocenters. The number of hydrogen-bond acceptors (Lipinski definition) is 9. The number of nitrogens with one attached hydrogen (secondary N) is 1. The van der Waals surface area contributed by atoms with Crippen molar-refractivity contribution in [3.63, 3.8) is 0 Å². The lowest BCUT2D eigenvalue weighted by Gasteiger charge is -2.23. The SMILES string of the molecule is CC(=O)N/C(=C(\OC(C)=O)C(CCOC(C)=O)OC(C)=O)C(O)O. The van der Waals surface area contributed by atoms with Gasteiger partial charge in [-0.15, -0.1) is 0 Å². The Kier molecular flexibility index (Phi) is 9.28. The van der Waals surface area contributed by atoms with Gasteiger partial charge in [0.05, 0.1) is 6.61 Å². The number of rotatable bonds is 8. The highest BCUT2D eigenvalue weighted by Gasteiger charge is 2.28. The van der Waals surface area contributed by atoms with E-state index in [1.807, 2.05) is 0 Å². The normalized spacial score (nSPS) is 12.8. The quantitative estimate of drug-likeness (QED) is 0.220. The molecule has 10 heteroatoms. The van der Waals surface area contributed by atoms with Crippen molar-refractivity contribution in [3.05, 3.63) is 11.5 Å². The van der Waals surface area contributed by atoms with Crippen LogP contribution in [-0.4, -0.2) is 53.0 Å². The lowest BCUT2D eigenvalue weighted by Crippen LogP contribution is -2.35. The van der Waals surface area contributed by atoms with Crippen molar-refractivity contribution >= 4 is 23.8 Å². The van der Waals surface area contributed by atoms with Crippen molar-refractivity contribution in [2.24, 2.45) is 0 Å². The summed E-state index contributed by atoms with van der Waals surface area (Å²) in [6.07, 6.45) is -3.65. The second-order valence-electron chi connectivity index (χ2n) is 4.65. The topological polar surface area (TPSA) is 148 Å². The molecule has 10 nitrogen and oxygen atoms in total. The first-order chi connectivity index (χ1) is 11.0. The number of esters is 3. The predicted molar refractivity (Wildman–Crippen MR) is 77.6 cm³/mol. The standard InChI is InChI=1S/C14H21NO9/c1-7(16)15-12(14(20)21)13(24-10(4)19)11(23-9(3)18)5-6-22-8(2)17/h11,14,20-21H,5-6H2,1-4H3,(H,15,16)/b13-12-. The van der Waals surface area contributed by atoms with Crippen molar-refractivity contribution in [1.82, 2.24) is 5.32 Å². The Balaban J connectivity index is 5.76. The lowest BCUT2D eigenvalue weighted by molar-refractivity contribution is -0.153. The van der Waals surface area contributed by atoms with E-state index < -0.39 is 47.7 Å². The average molecular weight is 347 g/mol. The Morgan fingerprint density at radius 1 is 0.958 bits per heavy atom. The predicted octanol–water partition coefficient (Wildman–Crippen LogP) is -0.907. The van der Waals surface area contributed by atoms with Gasteiger partial charge in [-0.25, -0.2) is 0 Å². The van der Waals surface area contributed by atoms with Crippen LogP contribution in [0.25, 0.3) is 0 Å². The molecular formula is C14H21NO9. The Bertz CT molecular complexity index is 524. The van der Waals surface area contributed by atoms with Gasteiger partial charge in [0.1, 0.15) is 5.70 Å². The fourth-order valence-electron chi connectivity index (χ4n) is 1.65. The second kappa shape index (κ2) is 10.3. The minimum atomic E-state index is -2.21. The van der Waals surface area contributed by atoms with E-state index in [1.165, 1.54) is 6.92 Å². The van der Waals surface area contributed by atoms with E-state index in [4.69, 9.17) is 14.2 Å². The highest BCUT2D eigenvalue weighted by atomic mass is 16.6. The summed E-state index contributed by atoms with van der Waals surface area (Å²) in [6.45, 7) is 4.17. The van der Waals surface area contributed by atoms with Crippen molar-refractivity contribution < 1.29 is 43.6 Å². The number of hydrogen-bond donors (Lipinski definition) is 3. The fourth-order valence-corrected chi connectivity index (χ4v) is 1.65. The van der Waals surface area contributed by atoms with Gasteiger partial charge >= 0.3 is 17.9 Å². The zero-order valence-electron chi connectivity index (χ0n) is 13.8. The molecule has 0 radical (unpaired) electrons. The molecule has 0 aliphatic heterocycles. The molecule has 136 valence electrons. The van der Waals surface area contributed by atoms with Gasteiger partial charge in [0, 0.05) is 34.1 Å². The number of aliphatic hydroxyl groups excluding tert-OH is 1. The molecule has 0 rings (SSSR count). The number of amides is 1. The van der Waals surface area contributed by atoms with Crippen LogP contribution in [0.2, 0.25) is 0 Å². The largest absolute Gasteiger partial charge is 0.466 e. The summed E-state index contributed by atoms with van der Waals surface area (Å²) >= 11 is 0. The second-order valence-corrected chi connectivity index (χ2v) is 4.65. The molecule has 3 N–H and O–H groups in total. The first kappa shape index (κ1) is 21.5. The maximum atomic E-state index is 11.3. The summed E-state index contributed by atoms with van der Waals surface area (Å²) in [4.78, 5) is 44.6. The van der Waals surface area contributed by atoms with Crippen LogP contribution in [0.15, 0.2) is 11.5 Å². The zero-order valence-corrected chi connectivity index (χ0v) is 13.8. The van der Waals surface area contributed by atoms with Gasteiger partial charge < -0.3 is 29.7 Å². The summed E-state index contributed by atoms with van der Waals surface area (Å²) in [5.41, 5.74) is -0.563. The Morgan fingerprint density at radius 2 is 1.54 bits per heavy atom. The summed E-state index contributed by atoms with van der Waals surface area (Å²) < 4.78 is 14.6. The van der Waals surface area contributed by atoms with Gasteiger partial charge in [0.25, 0.3) is 0 Å². The van der Waals surface area contributed by atoms with Gasteiger partial charge in [0.2, 0.25) is 5.91 Å². The van der Waals surface area contributed by atoms with E-state index in [-0.39, 0.29) is 13.0 Å². The first-order valence-electron chi connectivity index (χ1n) is 6.91. The molecule has 0 aliphatic carbocycles. The molecule has 1 amide bonds. The van der Waals surface area contributed by atoms with Crippen molar-refractivity contribution in [2.45, 2.75) is 46.5 Å². The summed E-state index contributed by atoms with van der Waals surface area (Å²) in [6, 6.07) is 0. The molecule has 0 heterocycles. The fraction of sp³-hybridized carbons (Fsp3) is 0.571. The molecule has 0 aromatic rings. The summed E-state index contributed by atoms with van der Waals surface area (Å²) in [5.74, 6) is -3.35. The van der Waals surface area contributed by atoms with Gasteiger partial charge in [-0.05, 0) is 0 Å². The molecule has 0 spiro atoms. The van der Waals surface area contributed by atoms with Crippen LogP contribution in [0.1, 0.15) is 34.1 Å². The van der Waals surface area contributed by atoms with Crippen molar-refractivity contribution in [1.29, 1.82) is 0 Å². The summed E-state index contributed by atoms with van der Waals surface area (Å²) in [5, 5.41) is 20.9. The summed E-state index contributed by atoms with van der Waals surface area (Å²) in [7, 11) is 0. The van der Waals surface area contributed by atoms with E-state index in [0.717, 1.165) is 20.8 Å². The zero-order chi connectivity index (χ0) is 18.9. The van der Waals surface area contributed by atoms with Crippen LogP contribution in [0.5, 0.6) is 0 Å². The van der Waals surface area contributed by atoms with Crippen LogP contribution < -0.4 is 5.32 Å². The molecule has 0 fully saturated rings. The molecule has 0 aromatic heterocycles. The van der Waals surface area contributed by atoms with E-state index in [0.29, 0.717) is 0 Å². The number of aliphatic hydroxyl groups is 2. The third-order valence-corrected chi connectivity index (χ3v) is 2.37. The Hall–Kier alpha value is -2.46. The minimum absolute atomic E-state index is 0.141. The maximum Gasteiger partial charge on any atom is 0.307 e. The van der Waals surface area contributed by atoms with E-state index in [9.17, 15) is 29.4 Å². The Morgan fingerprint density at radius 3 is 1.92 bits per heavy atom. The third-order valence-electron chi connectivity index (χ3n) is 2.37. The van der Waals surface area contributed by atoms with E-state index in [2.05, 4.69) is 5.32 Å². The van der Waals surface area contributed by atoms with Crippen LogP contribution >= 0.6 is 0 Å². The minimum Gasteiger partial charge on any atom is -0.466 e. The molecule has 0 saturated heterocycles. The van der Waals surface area contributed by atoms with Gasteiger partial charge in [0.15, 0.2) is 18.2 Å². The molecule has 1 unspecified atom stereocenters. The molecular weight excluding hydrogens is 326 g/mol. The van der Waals surface area contributed by atoms with Crippen LogP contribution in [-0.2, 0) is 33.4 Å². The molecule has 0 aliphatic rings. The average Bonchev–Trinajstić information content (AvgIpc) is 2.40. The van der Waals surface area contributed by atoms with Gasteiger partial charge in [-0.1, -0.05) is 0 Å². The molecule has 0 bridgehead atoms. The smallest absolute Gasteiger partial charge is 0.307 e. The first-order valence-corrected chi connectivity index (χ1v) is 6.91. The third kappa shape index (κ3) is 8.86. The van der Waals surface area contributed by atoms with E-state index in [1.54, 1.807) is 0 Å². The van der Waals surface area contributed by atoms with E-state index >= 15 is 0 Å². The van der Waals surface area contributed by atoms with Crippen molar-refractivity contribution in [3.8, 4) is 0 Å². The Labute approximate surface area is 138 Å². The van der Waals surface area contributed by atoms with Crippen LogP contribution in [0.4, 0.5) is 0 Å². The number of ether oxygens (including phenoxy) is 3. The maximum absolute atomic E-state index is 11.3. The lowest BCUT2D eigenvalue weighted by atomic mass is 10.1. The molecule has 24 heavy (non-hydrogen) atoms.